The standard InChI is InChI=1S/C11H10N2O3/c1-6-3-7(2)11-8(4-6)12-10(13(15)16)5-9(11)14/h3-5H,1-2H3,(H,12,14). The van der Waals surface area contributed by atoms with E-state index in [1.807, 2.05) is 19.9 Å². The van der Waals surface area contributed by atoms with Crippen LogP contribution in [0.5, 0.6) is 0 Å². The molecule has 0 atom stereocenters. The maximum absolute atomic E-state index is 11.7. The van der Waals surface area contributed by atoms with Crippen LogP contribution in [-0.2, 0) is 0 Å². The number of aromatic amines is 1. The minimum Gasteiger partial charge on any atom is -0.358 e. The van der Waals surface area contributed by atoms with Crippen LogP contribution in [0.4, 0.5) is 5.82 Å². The van der Waals surface area contributed by atoms with Crippen LogP contribution in [0.1, 0.15) is 11.1 Å². The van der Waals surface area contributed by atoms with Gasteiger partial charge >= 0.3 is 5.82 Å². The molecule has 2 rings (SSSR count). The van der Waals surface area contributed by atoms with Crippen molar-refractivity contribution in [2.45, 2.75) is 13.8 Å². The Morgan fingerprint density at radius 2 is 1.94 bits per heavy atom. The Labute approximate surface area is 90.9 Å². The lowest BCUT2D eigenvalue weighted by Crippen LogP contribution is -2.06. The molecule has 0 aliphatic carbocycles. The summed E-state index contributed by atoms with van der Waals surface area (Å²) in [6.07, 6.45) is 0. The van der Waals surface area contributed by atoms with Crippen LogP contribution in [0.2, 0.25) is 0 Å². The summed E-state index contributed by atoms with van der Waals surface area (Å²) >= 11 is 0. The largest absolute Gasteiger partial charge is 0.358 e. The number of nitrogens with zero attached hydrogens (tertiary/aromatic N) is 1. The number of nitrogens with one attached hydrogen (secondary N) is 1. The van der Waals surface area contributed by atoms with Crippen LogP contribution >= 0.6 is 0 Å². The quantitative estimate of drug-likeness (QED) is 0.587. The van der Waals surface area contributed by atoms with Crippen molar-refractivity contribution in [3.63, 3.8) is 0 Å². The molecule has 0 unspecified atom stereocenters. The van der Waals surface area contributed by atoms with Crippen molar-refractivity contribution in [2.75, 3.05) is 0 Å². The zero-order chi connectivity index (χ0) is 11.9. The minimum atomic E-state index is -0.599. The normalized spacial score (nSPS) is 10.6. The smallest absolute Gasteiger partial charge is 0.325 e. The number of pyridine rings is 1. The van der Waals surface area contributed by atoms with Gasteiger partial charge < -0.3 is 10.1 Å². The molecule has 0 radical (unpaired) electrons. The SMILES string of the molecule is Cc1cc(C)c2c(=O)cc([N+](=O)[O-])[nH]c2c1. The van der Waals surface area contributed by atoms with E-state index in [-0.39, 0.29) is 11.2 Å². The summed E-state index contributed by atoms with van der Waals surface area (Å²) in [5, 5.41) is 11.1. The number of rotatable bonds is 1. The molecule has 0 saturated carbocycles. The highest BCUT2D eigenvalue weighted by Crippen LogP contribution is 2.17. The van der Waals surface area contributed by atoms with Crippen LogP contribution in [0.25, 0.3) is 10.9 Å². The van der Waals surface area contributed by atoms with Crippen LogP contribution in [0, 0.1) is 24.0 Å². The molecule has 0 bridgehead atoms. The molecule has 1 N–H and O–H groups in total. The van der Waals surface area contributed by atoms with Crippen molar-refractivity contribution in [2.24, 2.45) is 0 Å². The second-order valence-electron chi connectivity index (χ2n) is 3.78. The van der Waals surface area contributed by atoms with Gasteiger partial charge in [-0.25, -0.2) is 4.98 Å². The van der Waals surface area contributed by atoms with Crippen molar-refractivity contribution >= 4 is 16.7 Å². The van der Waals surface area contributed by atoms with Crippen LogP contribution in [0.3, 0.4) is 0 Å². The zero-order valence-corrected chi connectivity index (χ0v) is 8.90. The van der Waals surface area contributed by atoms with Gasteiger partial charge in [0.25, 0.3) is 0 Å². The third-order valence-electron chi connectivity index (χ3n) is 2.45. The molecule has 0 aliphatic rings. The first-order chi connectivity index (χ1) is 7.49. The maximum atomic E-state index is 11.7. The Balaban J connectivity index is 2.93. The van der Waals surface area contributed by atoms with Gasteiger partial charge in [0, 0.05) is 0 Å². The molecule has 1 aromatic carbocycles. The highest BCUT2D eigenvalue weighted by molar-refractivity contribution is 5.83. The average Bonchev–Trinajstić information content (AvgIpc) is 2.15. The fourth-order valence-electron chi connectivity index (χ4n) is 1.86. The van der Waals surface area contributed by atoms with Gasteiger partial charge in [-0.3, -0.25) is 4.79 Å². The Bertz CT molecular complexity index is 643. The van der Waals surface area contributed by atoms with E-state index in [2.05, 4.69) is 4.98 Å². The number of hydrogen-bond acceptors (Lipinski definition) is 3. The fraction of sp³-hybridized carbons (Fsp3) is 0.182. The van der Waals surface area contributed by atoms with E-state index in [0.29, 0.717) is 10.9 Å². The fourth-order valence-corrected chi connectivity index (χ4v) is 1.86. The van der Waals surface area contributed by atoms with Gasteiger partial charge in [0.2, 0.25) is 0 Å². The first kappa shape index (κ1) is 10.4. The van der Waals surface area contributed by atoms with E-state index in [1.54, 1.807) is 6.07 Å². The molecule has 1 aromatic heterocycles. The number of hydrogen-bond donors (Lipinski definition) is 1. The first-order valence-electron chi connectivity index (χ1n) is 4.77. The molecule has 0 saturated heterocycles. The predicted octanol–water partition coefficient (Wildman–Crippen LogP) is 2.05. The molecule has 0 spiro atoms. The van der Waals surface area contributed by atoms with E-state index < -0.39 is 4.92 Å². The Hall–Kier alpha value is -2.17. The molecule has 0 fully saturated rings. The van der Waals surface area contributed by atoms with E-state index in [1.165, 1.54) is 0 Å². The van der Waals surface area contributed by atoms with E-state index in [4.69, 9.17) is 0 Å². The van der Waals surface area contributed by atoms with Gasteiger partial charge in [0.15, 0.2) is 5.43 Å². The first-order valence-corrected chi connectivity index (χ1v) is 4.77. The van der Waals surface area contributed by atoms with Crippen molar-refractivity contribution in [3.8, 4) is 0 Å². The van der Waals surface area contributed by atoms with Gasteiger partial charge in [-0.15, -0.1) is 0 Å². The molecule has 2 aromatic rings. The van der Waals surface area contributed by atoms with Crippen LogP contribution in [-0.4, -0.2) is 9.91 Å². The van der Waals surface area contributed by atoms with Crippen molar-refractivity contribution in [1.82, 2.24) is 4.98 Å². The molecule has 5 nitrogen and oxygen atoms in total. The molecule has 1 heterocycles. The number of H-pyrrole nitrogens is 1. The van der Waals surface area contributed by atoms with E-state index in [9.17, 15) is 14.9 Å². The lowest BCUT2D eigenvalue weighted by Gasteiger charge is -2.02. The third-order valence-corrected chi connectivity index (χ3v) is 2.45. The molecule has 0 aliphatic heterocycles. The summed E-state index contributed by atoms with van der Waals surface area (Å²) in [4.78, 5) is 24.4. The number of aryl methyl sites for hydroxylation is 2. The molecule has 82 valence electrons. The van der Waals surface area contributed by atoms with Gasteiger partial charge in [0.05, 0.1) is 11.5 Å². The molecule has 5 heteroatoms. The third kappa shape index (κ3) is 1.56. The predicted molar refractivity (Wildman–Crippen MR) is 60.7 cm³/mol. The van der Waals surface area contributed by atoms with Gasteiger partial charge in [-0.1, -0.05) is 6.07 Å². The second kappa shape index (κ2) is 3.44. The number of nitro groups is 1. The molecule has 0 amide bonds. The molecular weight excluding hydrogens is 208 g/mol. The van der Waals surface area contributed by atoms with Crippen molar-refractivity contribution in [3.05, 3.63) is 49.7 Å². The highest BCUT2D eigenvalue weighted by Gasteiger charge is 2.11. The van der Waals surface area contributed by atoms with Gasteiger partial charge in [-0.2, -0.15) is 0 Å². The van der Waals surface area contributed by atoms with Crippen molar-refractivity contribution in [1.29, 1.82) is 0 Å². The highest BCUT2D eigenvalue weighted by atomic mass is 16.6. The number of benzene rings is 1. The summed E-state index contributed by atoms with van der Waals surface area (Å²) < 4.78 is 0. The van der Waals surface area contributed by atoms with Crippen LogP contribution in [0.15, 0.2) is 23.0 Å². The Morgan fingerprint density at radius 1 is 1.25 bits per heavy atom. The monoisotopic (exact) mass is 218 g/mol. The van der Waals surface area contributed by atoms with E-state index >= 15 is 0 Å². The Kier molecular flexibility index (Phi) is 2.23. The lowest BCUT2D eigenvalue weighted by molar-refractivity contribution is -0.389. The topological polar surface area (TPSA) is 76.0 Å². The average molecular weight is 218 g/mol. The molecular formula is C11H10N2O3. The zero-order valence-electron chi connectivity index (χ0n) is 8.90. The summed E-state index contributed by atoms with van der Waals surface area (Å²) in [5.41, 5.74) is 1.97. The number of aromatic nitrogens is 1. The molecule has 16 heavy (non-hydrogen) atoms. The van der Waals surface area contributed by atoms with Crippen molar-refractivity contribution < 1.29 is 4.92 Å². The lowest BCUT2D eigenvalue weighted by atomic mass is 10.1. The minimum absolute atomic E-state index is 0.275. The van der Waals surface area contributed by atoms with E-state index in [0.717, 1.165) is 17.2 Å². The van der Waals surface area contributed by atoms with Gasteiger partial charge in [0.1, 0.15) is 5.52 Å². The summed E-state index contributed by atoms with van der Waals surface area (Å²) in [7, 11) is 0. The second-order valence-corrected chi connectivity index (χ2v) is 3.78. The number of fused-ring (bicyclic) bond motifs is 1. The maximum Gasteiger partial charge on any atom is 0.325 e. The van der Waals surface area contributed by atoms with Crippen LogP contribution < -0.4 is 5.43 Å². The summed E-state index contributed by atoms with van der Waals surface area (Å²) in [6, 6.07) is 4.63. The summed E-state index contributed by atoms with van der Waals surface area (Å²) in [6.45, 7) is 3.69. The van der Waals surface area contributed by atoms with Gasteiger partial charge in [-0.05, 0) is 36.0 Å². The Morgan fingerprint density at radius 3 is 2.56 bits per heavy atom. The summed E-state index contributed by atoms with van der Waals surface area (Å²) in [5.74, 6) is -0.275.